The summed E-state index contributed by atoms with van der Waals surface area (Å²) in [5, 5.41) is 7.25. The number of aromatic nitrogens is 2. The highest BCUT2D eigenvalue weighted by Gasteiger charge is 2.23. The van der Waals surface area contributed by atoms with Crippen LogP contribution >= 0.6 is 0 Å². The molecule has 2 aromatic carbocycles. The lowest BCUT2D eigenvalue weighted by Gasteiger charge is -2.15. The Morgan fingerprint density at radius 1 is 1.03 bits per heavy atom. The first-order valence-corrected chi connectivity index (χ1v) is 8.87. The van der Waals surface area contributed by atoms with E-state index >= 15 is 0 Å². The van der Waals surface area contributed by atoms with Crippen LogP contribution in [-0.2, 0) is 16.6 Å². The van der Waals surface area contributed by atoms with Crippen molar-refractivity contribution in [1.82, 2.24) is 9.78 Å². The smallest absolute Gasteiger partial charge is 0.360 e. The van der Waals surface area contributed by atoms with Crippen molar-refractivity contribution < 1.29 is 19.1 Å². The minimum atomic E-state index is -1.15. The molecule has 1 N–H and O–H groups in total. The van der Waals surface area contributed by atoms with Gasteiger partial charge in [-0.25, -0.2) is 9.48 Å². The van der Waals surface area contributed by atoms with Gasteiger partial charge in [0.2, 0.25) is 0 Å². The zero-order valence-electron chi connectivity index (χ0n) is 16.1. The molecule has 1 aromatic heterocycles. The number of nitrogens with one attached hydrogen (secondary N) is 1. The number of carbonyl (C=O) groups is 3. The van der Waals surface area contributed by atoms with Crippen LogP contribution in [0.15, 0.2) is 53.3 Å². The SMILES string of the molecule is CC(=O)c1ccccc1NC(=O)[C@@H](C)OC(=O)c1nn(C)c(=O)c2ccccc12. The van der Waals surface area contributed by atoms with Gasteiger partial charge in [0.05, 0.1) is 11.1 Å². The fourth-order valence-electron chi connectivity index (χ4n) is 2.85. The number of aryl methyl sites for hydroxylation is 1. The molecular weight excluding hydrogens is 374 g/mol. The number of ketones is 1. The minimum absolute atomic E-state index is 0.0634. The summed E-state index contributed by atoms with van der Waals surface area (Å²) in [7, 11) is 1.43. The molecule has 3 aromatic rings. The van der Waals surface area contributed by atoms with Gasteiger partial charge in [-0.3, -0.25) is 14.4 Å². The van der Waals surface area contributed by atoms with Crippen LogP contribution in [0.4, 0.5) is 5.69 Å². The first-order valence-electron chi connectivity index (χ1n) is 8.87. The van der Waals surface area contributed by atoms with E-state index in [4.69, 9.17) is 4.74 Å². The van der Waals surface area contributed by atoms with Crippen LogP contribution in [-0.4, -0.2) is 33.5 Å². The second-order valence-corrected chi connectivity index (χ2v) is 6.46. The van der Waals surface area contributed by atoms with Gasteiger partial charge in [0.1, 0.15) is 0 Å². The molecule has 148 valence electrons. The Morgan fingerprint density at radius 2 is 1.66 bits per heavy atom. The first-order chi connectivity index (χ1) is 13.8. The summed E-state index contributed by atoms with van der Waals surface area (Å²) in [6.45, 7) is 2.80. The van der Waals surface area contributed by atoms with Crippen LogP contribution in [0, 0.1) is 0 Å². The van der Waals surface area contributed by atoms with Crippen molar-refractivity contribution in [3.63, 3.8) is 0 Å². The van der Waals surface area contributed by atoms with Gasteiger partial charge in [-0.1, -0.05) is 30.3 Å². The van der Waals surface area contributed by atoms with Gasteiger partial charge >= 0.3 is 5.97 Å². The van der Waals surface area contributed by atoms with Crippen molar-refractivity contribution in [3.8, 4) is 0 Å². The maximum atomic E-state index is 12.6. The van der Waals surface area contributed by atoms with E-state index in [1.165, 1.54) is 20.9 Å². The summed E-state index contributed by atoms with van der Waals surface area (Å²) >= 11 is 0. The van der Waals surface area contributed by atoms with Crippen molar-refractivity contribution >= 4 is 34.1 Å². The zero-order valence-corrected chi connectivity index (χ0v) is 16.1. The average molecular weight is 393 g/mol. The molecule has 1 atom stereocenters. The summed E-state index contributed by atoms with van der Waals surface area (Å²) in [5.74, 6) is -1.63. The number of esters is 1. The number of hydrogen-bond acceptors (Lipinski definition) is 6. The van der Waals surface area contributed by atoms with E-state index in [0.29, 0.717) is 22.0 Å². The number of rotatable bonds is 5. The Morgan fingerprint density at radius 3 is 2.34 bits per heavy atom. The summed E-state index contributed by atoms with van der Waals surface area (Å²) in [5.41, 5.74) is 0.277. The largest absolute Gasteiger partial charge is 0.448 e. The number of para-hydroxylation sites is 1. The molecule has 8 nitrogen and oxygen atoms in total. The highest BCUT2D eigenvalue weighted by molar-refractivity contribution is 6.06. The molecular formula is C21H19N3O5. The third-order valence-corrected chi connectivity index (χ3v) is 4.37. The Balaban J connectivity index is 1.82. The van der Waals surface area contributed by atoms with Crippen molar-refractivity contribution in [2.75, 3.05) is 5.32 Å². The first kappa shape index (κ1) is 19.9. The summed E-state index contributed by atoms with van der Waals surface area (Å²) < 4.78 is 6.31. The molecule has 0 aliphatic carbocycles. The molecule has 0 unspecified atom stereocenters. The maximum absolute atomic E-state index is 12.6. The molecule has 0 saturated heterocycles. The van der Waals surface area contributed by atoms with Gasteiger partial charge in [0, 0.05) is 18.0 Å². The minimum Gasteiger partial charge on any atom is -0.448 e. The highest BCUT2D eigenvalue weighted by atomic mass is 16.5. The van der Waals surface area contributed by atoms with Crippen LogP contribution in [0.1, 0.15) is 34.7 Å². The Labute approximate surface area is 166 Å². The number of benzene rings is 2. The van der Waals surface area contributed by atoms with E-state index in [1.54, 1.807) is 48.5 Å². The normalized spacial score (nSPS) is 11.7. The molecule has 0 spiro atoms. The fourth-order valence-corrected chi connectivity index (χ4v) is 2.85. The van der Waals surface area contributed by atoms with Crippen LogP contribution < -0.4 is 10.9 Å². The van der Waals surface area contributed by atoms with Gasteiger partial charge in [-0.05, 0) is 32.0 Å². The van der Waals surface area contributed by atoms with E-state index < -0.39 is 18.0 Å². The molecule has 29 heavy (non-hydrogen) atoms. The van der Waals surface area contributed by atoms with Gasteiger partial charge < -0.3 is 10.1 Å². The van der Waals surface area contributed by atoms with E-state index in [2.05, 4.69) is 10.4 Å². The quantitative estimate of drug-likeness (QED) is 0.527. The molecule has 0 bridgehead atoms. The zero-order chi connectivity index (χ0) is 21.1. The molecule has 1 amide bonds. The lowest BCUT2D eigenvalue weighted by molar-refractivity contribution is -0.123. The summed E-state index contributed by atoms with van der Waals surface area (Å²) in [6, 6.07) is 13.1. The summed E-state index contributed by atoms with van der Waals surface area (Å²) in [4.78, 5) is 49.0. The number of anilines is 1. The van der Waals surface area contributed by atoms with Crippen molar-refractivity contribution in [1.29, 1.82) is 0 Å². The van der Waals surface area contributed by atoms with Crippen LogP contribution in [0.3, 0.4) is 0 Å². The maximum Gasteiger partial charge on any atom is 0.360 e. The highest BCUT2D eigenvalue weighted by Crippen LogP contribution is 2.17. The number of amides is 1. The standard InChI is InChI=1S/C21H19N3O5/c1-12(25)14-8-6-7-11-17(14)22-19(26)13(2)29-21(28)18-15-9-4-5-10-16(15)20(27)24(3)23-18/h4-11,13H,1-3H3,(H,22,26)/t13-/m1/s1. The van der Waals surface area contributed by atoms with Crippen LogP contribution in [0.2, 0.25) is 0 Å². The Kier molecular flexibility index (Phi) is 5.54. The predicted octanol–water partition coefficient (Wildman–Crippen LogP) is 2.32. The lowest BCUT2D eigenvalue weighted by atomic mass is 10.1. The topological polar surface area (TPSA) is 107 Å². The molecule has 0 saturated carbocycles. The van der Waals surface area contributed by atoms with Crippen molar-refractivity contribution in [3.05, 3.63) is 70.1 Å². The average Bonchev–Trinajstić information content (AvgIpc) is 2.70. The molecule has 0 fully saturated rings. The van der Waals surface area contributed by atoms with E-state index in [-0.39, 0.29) is 17.0 Å². The third kappa shape index (κ3) is 4.06. The van der Waals surface area contributed by atoms with Crippen LogP contribution in [0.25, 0.3) is 10.8 Å². The van der Waals surface area contributed by atoms with Crippen LogP contribution in [0.5, 0.6) is 0 Å². The molecule has 3 rings (SSSR count). The van der Waals surface area contributed by atoms with E-state index in [0.717, 1.165) is 4.68 Å². The second kappa shape index (κ2) is 8.05. The summed E-state index contributed by atoms with van der Waals surface area (Å²) in [6.07, 6.45) is -1.15. The van der Waals surface area contributed by atoms with Gasteiger partial charge in [-0.2, -0.15) is 5.10 Å². The van der Waals surface area contributed by atoms with E-state index in [1.807, 2.05) is 0 Å². The predicted molar refractivity (Wildman–Crippen MR) is 107 cm³/mol. The molecule has 8 heteroatoms. The van der Waals surface area contributed by atoms with E-state index in [9.17, 15) is 19.2 Å². The van der Waals surface area contributed by atoms with Gasteiger partial charge in [0.25, 0.3) is 11.5 Å². The number of Topliss-reactive ketones (excluding diaryl/α,β-unsaturated/α-hetero) is 1. The fraction of sp³-hybridized carbons (Fsp3) is 0.190. The number of fused-ring (bicyclic) bond motifs is 1. The second-order valence-electron chi connectivity index (χ2n) is 6.46. The molecule has 1 heterocycles. The van der Waals surface area contributed by atoms with Gasteiger partial charge in [-0.15, -0.1) is 0 Å². The Bertz CT molecular complexity index is 1180. The number of carbonyl (C=O) groups excluding carboxylic acids is 3. The number of nitrogens with zero attached hydrogens (tertiary/aromatic N) is 2. The van der Waals surface area contributed by atoms with Crippen molar-refractivity contribution in [2.45, 2.75) is 20.0 Å². The molecule has 0 aliphatic rings. The van der Waals surface area contributed by atoms with Gasteiger partial charge in [0.15, 0.2) is 17.6 Å². The van der Waals surface area contributed by atoms with Crippen molar-refractivity contribution in [2.24, 2.45) is 7.05 Å². The molecule has 0 radical (unpaired) electrons. The number of ether oxygens (including phenoxy) is 1. The lowest BCUT2D eigenvalue weighted by Crippen LogP contribution is -2.32. The number of hydrogen-bond donors (Lipinski definition) is 1. The molecule has 0 aliphatic heterocycles. The third-order valence-electron chi connectivity index (χ3n) is 4.37. The monoisotopic (exact) mass is 393 g/mol. The Hall–Kier alpha value is -3.81.